The minimum atomic E-state index is -3.29. The normalized spacial score (nSPS) is 24.0. The molecule has 1 aromatic rings. The number of hydrogen-bond acceptors (Lipinski definition) is 5. The van der Waals surface area contributed by atoms with Crippen molar-refractivity contribution in [2.24, 2.45) is 5.41 Å². The third-order valence-corrected chi connectivity index (χ3v) is 5.77. The Bertz CT molecular complexity index is 685. The van der Waals surface area contributed by atoms with Crippen LogP contribution in [0.2, 0.25) is 0 Å². The highest BCUT2D eigenvalue weighted by Gasteiger charge is 2.45. The van der Waals surface area contributed by atoms with Crippen molar-refractivity contribution in [3.8, 4) is 0 Å². The summed E-state index contributed by atoms with van der Waals surface area (Å²) in [7, 11) is -3.29. The van der Waals surface area contributed by atoms with Gasteiger partial charge in [-0.05, 0) is 36.8 Å². The molecule has 2 saturated heterocycles. The fourth-order valence-electron chi connectivity index (χ4n) is 3.65. The van der Waals surface area contributed by atoms with Crippen LogP contribution in [0.3, 0.4) is 0 Å². The summed E-state index contributed by atoms with van der Waals surface area (Å²) in [5.41, 5.74) is 0.314. The molecule has 1 amide bonds. The number of amides is 1. The van der Waals surface area contributed by atoms with Crippen molar-refractivity contribution in [3.63, 3.8) is 0 Å². The molecule has 0 unspecified atom stereocenters. The Hall–Kier alpha value is -1.51. The monoisotopic (exact) mass is 353 g/mol. The lowest BCUT2D eigenvalue weighted by atomic mass is 9.69. The third-order valence-electron chi connectivity index (χ3n) is 5.05. The van der Waals surface area contributed by atoms with Crippen molar-refractivity contribution in [2.45, 2.75) is 25.3 Å². The van der Waals surface area contributed by atoms with Crippen LogP contribution in [-0.4, -0.2) is 62.8 Å². The van der Waals surface area contributed by atoms with E-state index in [0.717, 1.165) is 19.3 Å². The Morgan fingerprint density at radius 1 is 1.33 bits per heavy atom. The highest BCUT2D eigenvalue weighted by atomic mass is 32.2. The van der Waals surface area contributed by atoms with E-state index in [9.17, 15) is 13.2 Å². The molecule has 24 heavy (non-hydrogen) atoms. The van der Waals surface area contributed by atoms with Gasteiger partial charge in [0.1, 0.15) is 5.69 Å². The zero-order valence-corrected chi connectivity index (χ0v) is 14.6. The molecule has 1 N–H and O–H groups in total. The van der Waals surface area contributed by atoms with Gasteiger partial charge in [0.15, 0.2) is 0 Å². The third kappa shape index (κ3) is 3.76. The molecule has 8 heteroatoms. The molecule has 0 saturated carbocycles. The highest BCUT2D eigenvalue weighted by Crippen LogP contribution is 2.41. The van der Waals surface area contributed by atoms with E-state index in [0.29, 0.717) is 32.0 Å². The van der Waals surface area contributed by atoms with Crippen molar-refractivity contribution in [1.82, 2.24) is 14.6 Å². The van der Waals surface area contributed by atoms with E-state index in [1.165, 1.54) is 6.26 Å². The molecule has 7 nitrogen and oxygen atoms in total. The highest BCUT2D eigenvalue weighted by molar-refractivity contribution is 7.88. The van der Waals surface area contributed by atoms with Gasteiger partial charge in [0.25, 0.3) is 5.91 Å². The largest absolute Gasteiger partial charge is 0.380 e. The second-order valence-electron chi connectivity index (χ2n) is 6.64. The number of nitrogens with zero attached hydrogens (tertiary/aromatic N) is 2. The van der Waals surface area contributed by atoms with E-state index in [1.54, 1.807) is 29.3 Å². The molecular formula is C16H23N3O4S. The van der Waals surface area contributed by atoms with Crippen LogP contribution >= 0.6 is 0 Å². The van der Waals surface area contributed by atoms with Gasteiger partial charge in [0.05, 0.1) is 18.9 Å². The van der Waals surface area contributed by atoms with Gasteiger partial charge in [-0.1, -0.05) is 6.07 Å². The summed E-state index contributed by atoms with van der Waals surface area (Å²) in [6, 6.07) is 5.07. The van der Waals surface area contributed by atoms with Gasteiger partial charge in [-0.25, -0.2) is 13.1 Å². The zero-order valence-electron chi connectivity index (χ0n) is 13.8. The number of rotatable bonds is 3. The zero-order chi connectivity index (χ0) is 17.2. The molecule has 2 fully saturated rings. The van der Waals surface area contributed by atoms with Crippen LogP contribution in [0.25, 0.3) is 0 Å². The first-order valence-corrected chi connectivity index (χ1v) is 10.0. The molecule has 0 bridgehead atoms. The van der Waals surface area contributed by atoms with E-state index < -0.39 is 10.0 Å². The van der Waals surface area contributed by atoms with Crippen LogP contribution in [0.5, 0.6) is 0 Å². The van der Waals surface area contributed by atoms with Crippen LogP contribution in [0.15, 0.2) is 24.4 Å². The number of piperidine rings is 1. The number of sulfonamides is 1. The average molecular weight is 353 g/mol. The maximum Gasteiger partial charge on any atom is 0.272 e. The molecule has 0 radical (unpaired) electrons. The smallest absolute Gasteiger partial charge is 0.272 e. The van der Waals surface area contributed by atoms with Gasteiger partial charge < -0.3 is 9.64 Å². The van der Waals surface area contributed by atoms with E-state index in [4.69, 9.17) is 4.74 Å². The first-order valence-electron chi connectivity index (χ1n) is 8.15. The number of pyridine rings is 1. The number of aromatic nitrogens is 1. The molecule has 0 aliphatic carbocycles. The molecular weight excluding hydrogens is 330 g/mol. The topological polar surface area (TPSA) is 88.6 Å². The van der Waals surface area contributed by atoms with Crippen LogP contribution < -0.4 is 4.72 Å². The van der Waals surface area contributed by atoms with E-state index >= 15 is 0 Å². The predicted molar refractivity (Wildman–Crippen MR) is 89.0 cm³/mol. The SMILES string of the molecule is CS(=O)(=O)N[C@H]1COCCC12CCN(C(=O)c1ccccn1)CC2. The fourth-order valence-corrected chi connectivity index (χ4v) is 4.48. The maximum atomic E-state index is 12.5. The molecule has 1 aromatic heterocycles. The molecule has 0 aromatic carbocycles. The predicted octanol–water partition coefficient (Wildman–Crippen LogP) is 0.642. The molecule has 3 rings (SSSR count). The number of ether oxygens (including phenoxy) is 1. The number of nitrogens with one attached hydrogen (secondary N) is 1. The minimum absolute atomic E-state index is 0.0647. The second kappa shape index (κ2) is 6.78. The van der Waals surface area contributed by atoms with Crippen molar-refractivity contribution in [3.05, 3.63) is 30.1 Å². The van der Waals surface area contributed by atoms with Crippen LogP contribution in [0.4, 0.5) is 0 Å². The Balaban J connectivity index is 1.69. The minimum Gasteiger partial charge on any atom is -0.380 e. The average Bonchev–Trinajstić information content (AvgIpc) is 2.57. The summed E-state index contributed by atoms with van der Waals surface area (Å²) in [5, 5.41) is 0. The van der Waals surface area contributed by atoms with Crippen molar-refractivity contribution >= 4 is 15.9 Å². The van der Waals surface area contributed by atoms with Crippen LogP contribution in [-0.2, 0) is 14.8 Å². The van der Waals surface area contributed by atoms with E-state index in [-0.39, 0.29) is 17.4 Å². The van der Waals surface area contributed by atoms with Gasteiger partial charge in [-0.3, -0.25) is 9.78 Å². The van der Waals surface area contributed by atoms with Gasteiger partial charge in [-0.2, -0.15) is 0 Å². The van der Waals surface area contributed by atoms with Gasteiger partial charge in [-0.15, -0.1) is 0 Å². The van der Waals surface area contributed by atoms with E-state index in [1.807, 2.05) is 0 Å². The summed E-state index contributed by atoms with van der Waals surface area (Å²) in [4.78, 5) is 18.4. The first kappa shape index (κ1) is 17.3. The van der Waals surface area contributed by atoms with Gasteiger partial charge in [0.2, 0.25) is 10.0 Å². The summed E-state index contributed by atoms with van der Waals surface area (Å²) >= 11 is 0. The fraction of sp³-hybridized carbons (Fsp3) is 0.625. The van der Waals surface area contributed by atoms with Gasteiger partial charge >= 0.3 is 0 Å². The second-order valence-corrected chi connectivity index (χ2v) is 8.42. The van der Waals surface area contributed by atoms with Gasteiger partial charge in [0, 0.05) is 25.9 Å². The standard InChI is InChI=1S/C16H23N3O4S/c1-24(21,22)18-14-12-23-11-7-16(14)5-9-19(10-6-16)15(20)13-4-2-3-8-17-13/h2-4,8,14,18H,5-7,9-12H2,1H3/t14-/m0/s1. The molecule has 1 atom stereocenters. The summed E-state index contributed by atoms with van der Waals surface area (Å²) in [5.74, 6) is -0.0647. The number of carbonyl (C=O) groups excluding carboxylic acids is 1. The number of likely N-dealkylation sites (tertiary alicyclic amines) is 1. The molecule has 2 aliphatic heterocycles. The number of carbonyl (C=O) groups is 1. The Labute approximate surface area is 142 Å². The lowest BCUT2D eigenvalue weighted by Crippen LogP contribution is -2.57. The van der Waals surface area contributed by atoms with Crippen LogP contribution in [0, 0.1) is 5.41 Å². The Morgan fingerprint density at radius 2 is 2.08 bits per heavy atom. The maximum absolute atomic E-state index is 12.5. The molecule has 1 spiro atoms. The molecule has 2 aliphatic rings. The lowest BCUT2D eigenvalue weighted by Gasteiger charge is -2.48. The summed E-state index contributed by atoms with van der Waals surface area (Å²) < 4.78 is 31.5. The van der Waals surface area contributed by atoms with E-state index in [2.05, 4.69) is 9.71 Å². The first-order chi connectivity index (χ1) is 11.4. The molecule has 3 heterocycles. The molecule has 132 valence electrons. The van der Waals surface area contributed by atoms with Crippen molar-refractivity contribution in [2.75, 3.05) is 32.6 Å². The van der Waals surface area contributed by atoms with Crippen molar-refractivity contribution in [1.29, 1.82) is 0 Å². The Morgan fingerprint density at radius 3 is 2.71 bits per heavy atom. The Kier molecular flexibility index (Phi) is 4.89. The van der Waals surface area contributed by atoms with Crippen LogP contribution in [0.1, 0.15) is 29.8 Å². The quantitative estimate of drug-likeness (QED) is 0.862. The summed E-state index contributed by atoms with van der Waals surface area (Å²) in [6.45, 7) is 2.24. The summed E-state index contributed by atoms with van der Waals surface area (Å²) in [6.07, 6.45) is 5.13. The van der Waals surface area contributed by atoms with Crippen molar-refractivity contribution < 1.29 is 17.9 Å². The number of hydrogen-bond donors (Lipinski definition) is 1. The lowest BCUT2D eigenvalue weighted by molar-refractivity contribution is -0.0401.